The molecule has 4 nitrogen and oxygen atoms in total. The highest BCUT2D eigenvalue weighted by Crippen LogP contribution is 2.19. The van der Waals surface area contributed by atoms with Crippen molar-refractivity contribution in [2.24, 2.45) is 0 Å². The van der Waals surface area contributed by atoms with Gasteiger partial charge in [0.05, 0.1) is 5.75 Å². The standard InChI is InChI=1S/C29H33FN2O2S/c1-21(2)31-29(34)27(17-23-7-5-4-6-8-23)32(18-24-13-15-26(30)16-14-24)28(33)20-35-19-25-11-9-22(3)10-12-25/h4-16,21,27H,17-20H2,1-3H3,(H,31,34)/t27-/m1/s1. The molecular weight excluding hydrogens is 459 g/mol. The van der Waals surface area contributed by atoms with E-state index in [0.717, 1.165) is 16.7 Å². The van der Waals surface area contributed by atoms with Gasteiger partial charge in [0.2, 0.25) is 11.8 Å². The molecule has 0 aromatic heterocycles. The minimum atomic E-state index is -0.683. The van der Waals surface area contributed by atoms with E-state index in [9.17, 15) is 14.0 Å². The maximum Gasteiger partial charge on any atom is 0.243 e. The topological polar surface area (TPSA) is 49.4 Å². The van der Waals surface area contributed by atoms with E-state index in [1.165, 1.54) is 29.5 Å². The van der Waals surface area contributed by atoms with Crippen molar-refractivity contribution in [2.45, 2.75) is 51.6 Å². The van der Waals surface area contributed by atoms with Crippen molar-refractivity contribution in [1.82, 2.24) is 10.2 Å². The summed E-state index contributed by atoms with van der Waals surface area (Å²) in [5.74, 6) is 0.306. The van der Waals surface area contributed by atoms with Gasteiger partial charge in [-0.05, 0) is 49.6 Å². The average Bonchev–Trinajstić information content (AvgIpc) is 2.84. The second-order valence-electron chi connectivity index (χ2n) is 9.00. The van der Waals surface area contributed by atoms with Crippen LogP contribution >= 0.6 is 11.8 Å². The first-order valence-corrected chi connectivity index (χ1v) is 13.0. The zero-order valence-corrected chi connectivity index (χ0v) is 21.4. The van der Waals surface area contributed by atoms with Crippen LogP contribution in [0.4, 0.5) is 4.39 Å². The number of amides is 2. The SMILES string of the molecule is Cc1ccc(CSCC(=O)N(Cc2ccc(F)cc2)[C@H](Cc2ccccc2)C(=O)NC(C)C)cc1. The van der Waals surface area contributed by atoms with Crippen LogP contribution in [-0.4, -0.2) is 34.6 Å². The number of nitrogens with zero attached hydrogens (tertiary/aromatic N) is 1. The fraction of sp³-hybridized carbons (Fsp3) is 0.310. The third-order valence-corrected chi connectivity index (χ3v) is 6.57. The lowest BCUT2D eigenvalue weighted by molar-refractivity contribution is -0.139. The fourth-order valence-electron chi connectivity index (χ4n) is 3.74. The highest BCUT2D eigenvalue weighted by molar-refractivity contribution is 7.99. The quantitative estimate of drug-likeness (QED) is 0.383. The minimum absolute atomic E-state index is 0.0561. The van der Waals surface area contributed by atoms with Crippen LogP contribution in [0.25, 0.3) is 0 Å². The first kappa shape index (κ1) is 26.5. The molecule has 1 atom stereocenters. The van der Waals surface area contributed by atoms with E-state index in [4.69, 9.17) is 0 Å². The van der Waals surface area contributed by atoms with Crippen LogP contribution in [0.3, 0.4) is 0 Å². The molecule has 35 heavy (non-hydrogen) atoms. The summed E-state index contributed by atoms with van der Waals surface area (Å²) < 4.78 is 13.5. The van der Waals surface area contributed by atoms with Crippen LogP contribution in [0, 0.1) is 12.7 Å². The van der Waals surface area contributed by atoms with Crippen molar-refractivity contribution in [3.05, 3.63) is 107 Å². The number of rotatable bonds is 11. The maximum absolute atomic E-state index is 13.5. The first-order chi connectivity index (χ1) is 16.8. The van der Waals surface area contributed by atoms with Gasteiger partial charge >= 0.3 is 0 Å². The summed E-state index contributed by atoms with van der Waals surface area (Å²) in [5, 5.41) is 2.98. The Morgan fingerprint density at radius 1 is 0.886 bits per heavy atom. The van der Waals surface area contributed by atoms with E-state index in [0.29, 0.717) is 12.2 Å². The number of thioether (sulfide) groups is 1. The molecule has 0 radical (unpaired) electrons. The molecule has 0 saturated heterocycles. The molecular formula is C29H33FN2O2S. The van der Waals surface area contributed by atoms with Crippen LogP contribution in [-0.2, 0) is 28.3 Å². The number of halogens is 1. The maximum atomic E-state index is 13.5. The Balaban J connectivity index is 1.83. The van der Waals surface area contributed by atoms with Gasteiger partial charge in [-0.1, -0.05) is 72.3 Å². The number of carbonyl (C=O) groups is 2. The lowest BCUT2D eigenvalue weighted by Crippen LogP contribution is -2.52. The fourth-order valence-corrected chi connectivity index (χ4v) is 4.62. The summed E-state index contributed by atoms with van der Waals surface area (Å²) in [7, 11) is 0. The van der Waals surface area contributed by atoms with Crippen molar-refractivity contribution < 1.29 is 14.0 Å². The third-order valence-electron chi connectivity index (χ3n) is 5.58. The Hall–Kier alpha value is -3.12. The van der Waals surface area contributed by atoms with Gasteiger partial charge in [-0.15, -0.1) is 11.8 Å². The zero-order valence-electron chi connectivity index (χ0n) is 20.5. The number of hydrogen-bond donors (Lipinski definition) is 1. The molecule has 0 heterocycles. The van der Waals surface area contributed by atoms with E-state index in [2.05, 4.69) is 29.6 Å². The molecule has 1 N–H and O–H groups in total. The summed E-state index contributed by atoms with van der Waals surface area (Å²) in [5.41, 5.74) is 4.09. The van der Waals surface area contributed by atoms with Gasteiger partial charge in [0.1, 0.15) is 11.9 Å². The molecule has 3 rings (SSSR count). The highest BCUT2D eigenvalue weighted by atomic mass is 32.2. The van der Waals surface area contributed by atoms with Gasteiger partial charge in [-0.25, -0.2) is 4.39 Å². The predicted molar refractivity (Wildman–Crippen MR) is 142 cm³/mol. The predicted octanol–water partition coefficient (Wildman–Crippen LogP) is 5.53. The Morgan fingerprint density at radius 2 is 1.51 bits per heavy atom. The zero-order chi connectivity index (χ0) is 25.2. The van der Waals surface area contributed by atoms with Crippen LogP contribution in [0.1, 0.15) is 36.1 Å². The number of hydrogen-bond acceptors (Lipinski definition) is 3. The van der Waals surface area contributed by atoms with Gasteiger partial charge in [0.25, 0.3) is 0 Å². The Kier molecular flexibility index (Phi) is 9.91. The van der Waals surface area contributed by atoms with Gasteiger partial charge in [0, 0.05) is 24.8 Å². The first-order valence-electron chi connectivity index (χ1n) is 11.8. The molecule has 2 amide bonds. The van der Waals surface area contributed by atoms with Crippen LogP contribution in [0.15, 0.2) is 78.9 Å². The summed E-state index contributed by atoms with van der Waals surface area (Å²) in [6, 6.07) is 23.3. The number of nitrogens with one attached hydrogen (secondary N) is 1. The lowest BCUT2D eigenvalue weighted by atomic mass is 10.0. The molecule has 0 fully saturated rings. The molecule has 0 aliphatic heterocycles. The summed E-state index contributed by atoms with van der Waals surface area (Å²) in [6.45, 7) is 6.08. The summed E-state index contributed by atoms with van der Waals surface area (Å²) in [4.78, 5) is 28.5. The number of carbonyl (C=O) groups excluding carboxylic acids is 2. The number of aryl methyl sites for hydroxylation is 1. The molecule has 0 aliphatic rings. The molecule has 0 spiro atoms. The van der Waals surface area contributed by atoms with Crippen molar-refractivity contribution in [2.75, 3.05) is 5.75 Å². The Labute approximate surface area is 211 Å². The van der Waals surface area contributed by atoms with Gasteiger partial charge in [-0.3, -0.25) is 9.59 Å². The molecule has 0 aliphatic carbocycles. The van der Waals surface area contributed by atoms with E-state index in [1.54, 1.807) is 17.0 Å². The van der Waals surface area contributed by atoms with Gasteiger partial charge in [-0.2, -0.15) is 0 Å². The highest BCUT2D eigenvalue weighted by Gasteiger charge is 2.30. The van der Waals surface area contributed by atoms with E-state index >= 15 is 0 Å². The van der Waals surface area contributed by atoms with Crippen molar-refractivity contribution in [3.8, 4) is 0 Å². The molecule has 3 aromatic rings. The monoisotopic (exact) mass is 492 g/mol. The smallest absolute Gasteiger partial charge is 0.243 e. The molecule has 0 unspecified atom stereocenters. The Morgan fingerprint density at radius 3 is 2.14 bits per heavy atom. The second kappa shape index (κ2) is 13.1. The van der Waals surface area contributed by atoms with E-state index in [-0.39, 0.29) is 36.0 Å². The van der Waals surface area contributed by atoms with Gasteiger partial charge in [0.15, 0.2) is 0 Å². The van der Waals surface area contributed by atoms with Gasteiger partial charge < -0.3 is 10.2 Å². The molecule has 0 bridgehead atoms. The van der Waals surface area contributed by atoms with E-state index < -0.39 is 6.04 Å². The van der Waals surface area contributed by atoms with E-state index in [1.807, 2.05) is 51.1 Å². The third kappa shape index (κ3) is 8.55. The average molecular weight is 493 g/mol. The molecule has 184 valence electrons. The molecule has 0 saturated carbocycles. The van der Waals surface area contributed by atoms with Crippen molar-refractivity contribution >= 4 is 23.6 Å². The van der Waals surface area contributed by atoms with Crippen molar-refractivity contribution in [3.63, 3.8) is 0 Å². The Bertz CT molecular complexity index is 1090. The summed E-state index contributed by atoms with van der Waals surface area (Å²) in [6.07, 6.45) is 0.398. The number of benzene rings is 3. The summed E-state index contributed by atoms with van der Waals surface area (Å²) >= 11 is 1.53. The van der Waals surface area contributed by atoms with Crippen LogP contribution in [0.5, 0.6) is 0 Å². The molecule has 3 aromatic carbocycles. The largest absolute Gasteiger partial charge is 0.352 e. The van der Waals surface area contributed by atoms with Crippen LogP contribution < -0.4 is 5.32 Å². The minimum Gasteiger partial charge on any atom is -0.352 e. The lowest BCUT2D eigenvalue weighted by Gasteiger charge is -2.32. The van der Waals surface area contributed by atoms with Crippen LogP contribution in [0.2, 0.25) is 0 Å². The van der Waals surface area contributed by atoms with Crippen molar-refractivity contribution in [1.29, 1.82) is 0 Å². The second-order valence-corrected chi connectivity index (χ2v) is 9.98. The molecule has 6 heteroatoms. The normalized spacial score (nSPS) is 11.8.